The average molecular weight is 559 g/mol. The number of hydrogen-bond donors (Lipinski definition) is 2. The molecule has 0 spiro atoms. The van der Waals surface area contributed by atoms with Crippen LogP contribution in [0, 0.1) is 23.7 Å². The maximum atomic E-state index is 10.5. The first-order valence-electron chi connectivity index (χ1n) is 17.0. The van der Waals surface area contributed by atoms with Gasteiger partial charge >= 0.3 is 11.9 Å². The van der Waals surface area contributed by atoms with Gasteiger partial charge in [0.1, 0.15) is 0 Å². The molecule has 0 aromatic rings. The SMILES string of the molecule is O=C(O)CCCCCCCCCCCCCCCC#CC#CCCCCCCCCCCCCCCCC(=O)O. The van der Waals surface area contributed by atoms with Crippen molar-refractivity contribution in [3.8, 4) is 23.7 Å². The number of carbonyl (C=O) groups is 2. The first-order chi connectivity index (χ1) is 19.6. The molecular weight excluding hydrogens is 496 g/mol. The highest BCUT2D eigenvalue weighted by Gasteiger charge is 1.98. The molecule has 0 aliphatic heterocycles. The Hall–Kier alpha value is -1.94. The van der Waals surface area contributed by atoms with Gasteiger partial charge in [0.2, 0.25) is 0 Å². The molecule has 0 saturated carbocycles. The van der Waals surface area contributed by atoms with Crippen LogP contribution in [-0.2, 0) is 9.59 Å². The van der Waals surface area contributed by atoms with E-state index in [-0.39, 0.29) is 0 Å². The number of carboxylic acids is 2. The summed E-state index contributed by atoms with van der Waals surface area (Å²) in [5.41, 5.74) is 0. The molecule has 0 aliphatic carbocycles. The van der Waals surface area contributed by atoms with Gasteiger partial charge in [-0.25, -0.2) is 0 Å². The average Bonchev–Trinajstić information content (AvgIpc) is 2.93. The molecule has 0 heterocycles. The van der Waals surface area contributed by atoms with Crippen molar-refractivity contribution in [3.05, 3.63) is 0 Å². The number of hydrogen-bond acceptors (Lipinski definition) is 2. The summed E-state index contributed by atoms with van der Waals surface area (Å²) in [5.74, 6) is 11.2. The van der Waals surface area contributed by atoms with Gasteiger partial charge in [0.25, 0.3) is 0 Å². The van der Waals surface area contributed by atoms with E-state index in [9.17, 15) is 9.59 Å². The van der Waals surface area contributed by atoms with Crippen molar-refractivity contribution < 1.29 is 19.8 Å². The Balaban J connectivity index is 3.22. The minimum absolute atomic E-state index is 0.326. The lowest BCUT2D eigenvalue weighted by molar-refractivity contribution is -0.138. The van der Waals surface area contributed by atoms with Crippen LogP contribution < -0.4 is 0 Å². The van der Waals surface area contributed by atoms with Crippen molar-refractivity contribution in [2.75, 3.05) is 0 Å². The van der Waals surface area contributed by atoms with E-state index >= 15 is 0 Å². The van der Waals surface area contributed by atoms with Crippen molar-refractivity contribution in [2.45, 2.75) is 193 Å². The molecule has 0 saturated heterocycles. The van der Waals surface area contributed by atoms with E-state index in [1.165, 1.54) is 141 Å². The van der Waals surface area contributed by atoms with Gasteiger partial charge in [0.15, 0.2) is 0 Å². The summed E-state index contributed by atoms with van der Waals surface area (Å²) in [6, 6.07) is 0. The van der Waals surface area contributed by atoms with E-state index < -0.39 is 11.9 Å². The van der Waals surface area contributed by atoms with Crippen LogP contribution in [0.5, 0.6) is 0 Å². The Kier molecular flexibility index (Phi) is 31.7. The van der Waals surface area contributed by atoms with Crippen molar-refractivity contribution in [1.29, 1.82) is 0 Å². The second-order valence-electron chi connectivity index (χ2n) is 11.6. The summed E-state index contributed by atoms with van der Waals surface area (Å²) in [5, 5.41) is 17.2. The predicted molar refractivity (Wildman–Crippen MR) is 169 cm³/mol. The molecule has 40 heavy (non-hydrogen) atoms. The topological polar surface area (TPSA) is 74.6 Å². The van der Waals surface area contributed by atoms with E-state index in [1.807, 2.05) is 0 Å². The monoisotopic (exact) mass is 558 g/mol. The first-order valence-corrected chi connectivity index (χ1v) is 17.0. The summed E-state index contributed by atoms with van der Waals surface area (Å²) < 4.78 is 0. The lowest BCUT2D eigenvalue weighted by atomic mass is 10.0. The molecule has 0 aromatic heterocycles. The lowest BCUT2D eigenvalue weighted by Gasteiger charge is -2.02. The maximum absolute atomic E-state index is 10.5. The van der Waals surface area contributed by atoms with Gasteiger partial charge < -0.3 is 10.2 Å². The molecule has 0 bridgehead atoms. The first kappa shape index (κ1) is 38.1. The summed E-state index contributed by atoms with van der Waals surface area (Å²) >= 11 is 0. The third-order valence-corrected chi connectivity index (χ3v) is 7.62. The quantitative estimate of drug-likeness (QED) is 0.0679. The van der Waals surface area contributed by atoms with Crippen molar-refractivity contribution >= 4 is 11.9 Å². The standard InChI is InChI=1S/C36H62O4/c37-35(38)33-31-29-27-25-23-21-19-17-15-13-11-9-7-5-3-1-2-4-6-8-10-12-14-16-18-20-22-24-26-28-30-32-34-36(39)40/h5-34H2,(H,37,38)(H,39,40). The summed E-state index contributed by atoms with van der Waals surface area (Å²) in [6.07, 6.45) is 35.0. The third kappa shape index (κ3) is 36.1. The highest BCUT2D eigenvalue weighted by molar-refractivity contribution is 5.66. The largest absolute Gasteiger partial charge is 0.481 e. The van der Waals surface area contributed by atoms with Crippen LogP contribution in [0.2, 0.25) is 0 Å². The number of aliphatic carboxylic acids is 2. The van der Waals surface area contributed by atoms with Gasteiger partial charge in [-0.1, -0.05) is 153 Å². The minimum atomic E-state index is -0.666. The highest BCUT2D eigenvalue weighted by Crippen LogP contribution is 2.14. The molecule has 4 nitrogen and oxygen atoms in total. The molecule has 2 N–H and O–H groups in total. The third-order valence-electron chi connectivity index (χ3n) is 7.62. The zero-order chi connectivity index (χ0) is 29.2. The fraction of sp³-hybridized carbons (Fsp3) is 0.833. The molecule has 0 aliphatic rings. The summed E-state index contributed by atoms with van der Waals surface area (Å²) in [7, 11) is 0. The van der Waals surface area contributed by atoms with Crippen LogP contribution in [0.25, 0.3) is 0 Å². The van der Waals surface area contributed by atoms with E-state index in [0.717, 1.165) is 38.5 Å². The van der Waals surface area contributed by atoms with Crippen molar-refractivity contribution in [2.24, 2.45) is 0 Å². The molecule has 0 rings (SSSR count). The van der Waals surface area contributed by atoms with E-state index in [1.54, 1.807) is 0 Å². The molecule has 0 unspecified atom stereocenters. The Morgan fingerprint density at radius 1 is 0.325 bits per heavy atom. The van der Waals surface area contributed by atoms with E-state index in [4.69, 9.17) is 10.2 Å². The second-order valence-corrected chi connectivity index (χ2v) is 11.6. The highest BCUT2D eigenvalue weighted by atomic mass is 16.4. The molecule has 4 heteroatoms. The number of carboxylic acid groups (broad SMARTS) is 2. The summed E-state index contributed by atoms with van der Waals surface area (Å²) in [6.45, 7) is 0. The predicted octanol–water partition coefficient (Wildman–Crippen LogP) is 10.9. The van der Waals surface area contributed by atoms with Gasteiger partial charge in [-0.15, -0.1) is 0 Å². The Morgan fingerprint density at radius 2 is 0.525 bits per heavy atom. The fourth-order valence-corrected chi connectivity index (χ4v) is 5.08. The van der Waals surface area contributed by atoms with Crippen LogP contribution in [-0.4, -0.2) is 22.2 Å². The summed E-state index contributed by atoms with van der Waals surface area (Å²) in [4.78, 5) is 20.9. The normalized spacial score (nSPS) is 10.5. The molecule has 0 amide bonds. The number of rotatable bonds is 30. The van der Waals surface area contributed by atoms with E-state index in [2.05, 4.69) is 23.7 Å². The Bertz CT molecular complexity index is 631. The van der Waals surface area contributed by atoms with Crippen LogP contribution in [0.4, 0.5) is 0 Å². The van der Waals surface area contributed by atoms with Crippen LogP contribution >= 0.6 is 0 Å². The molecule has 0 atom stereocenters. The van der Waals surface area contributed by atoms with Crippen LogP contribution in [0.1, 0.15) is 193 Å². The van der Waals surface area contributed by atoms with Crippen LogP contribution in [0.15, 0.2) is 0 Å². The maximum Gasteiger partial charge on any atom is 0.303 e. The van der Waals surface area contributed by atoms with Gasteiger partial charge in [-0.3, -0.25) is 9.59 Å². The smallest absolute Gasteiger partial charge is 0.303 e. The number of unbranched alkanes of at least 4 members (excludes halogenated alkanes) is 26. The minimum Gasteiger partial charge on any atom is -0.481 e. The van der Waals surface area contributed by atoms with Crippen molar-refractivity contribution in [1.82, 2.24) is 0 Å². The van der Waals surface area contributed by atoms with Gasteiger partial charge in [0.05, 0.1) is 0 Å². The molecule has 0 radical (unpaired) electrons. The Labute approximate surface area is 247 Å². The van der Waals surface area contributed by atoms with Gasteiger partial charge in [0, 0.05) is 25.7 Å². The molecule has 0 aromatic carbocycles. The van der Waals surface area contributed by atoms with Crippen molar-refractivity contribution in [3.63, 3.8) is 0 Å². The zero-order valence-corrected chi connectivity index (χ0v) is 25.9. The van der Waals surface area contributed by atoms with Crippen LogP contribution in [0.3, 0.4) is 0 Å². The van der Waals surface area contributed by atoms with Gasteiger partial charge in [-0.05, 0) is 37.5 Å². The second kappa shape index (κ2) is 33.3. The Morgan fingerprint density at radius 3 is 0.750 bits per heavy atom. The molecular formula is C36H62O4. The van der Waals surface area contributed by atoms with Gasteiger partial charge in [-0.2, -0.15) is 0 Å². The van der Waals surface area contributed by atoms with E-state index in [0.29, 0.717) is 12.8 Å². The molecule has 0 fully saturated rings. The fourth-order valence-electron chi connectivity index (χ4n) is 5.08. The molecule has 230 valence electrons. The lowest BCUT2D eigenvalue weighted by Crippen LogP contribution is -1.93. The zero-order valence-electron chi connectivity index (χ0n) is 25.9.